The highest BCUT2D eigenvalue weighted by molar-refractivity contribution is 5.75. The van der Waals surface area contributed by atoms with Crippen molar-refractivity contribution in [3.63, 3.8) is 0 Å². The highest BCUT2D eigenvalue weighted by Crippen LogP contribution is 2.16. The van der Waals surface area contributed by atoms with Crippen LogP contribution in [0.4, 0.5) is 0 Å². The Morgan fingerprint density at radius 3 is 2.85 bits per heavy atom. The van der Waals surface area contributed by atoms with Gasteiger partial charge in [0.1, 0.15) is 5.82 Å². The summed E-state index contributed by atoms with van der Waals surface area (Å²) in [5.74, 6) is 1.12. The summed E-state index contributed by atoms with van der Waals surface area (Å²) < 4.78 is 2.32. The zero-order valence-electron chi connectivity index (χ0n) is 12.3. The van der Waals surface area contributed by atoms with E-state index in [9.17, 15) is 0 Å². The molecule has 1 heterocycles. The van der Waals surface area contributed by atoms with E-state index in [4.69, 9.17) is 10.1 Å². The van der Waals surface area contributed by atoms with E-state index in [1.165, 1.54) is 5.52 Å². The molecule has 0 aliphatic rings. The van der Waals surface area contributed by atoms with Gasteiger partial charge in [-0.3, -0.25) is 0 Å². The molecule has 20 heavy (non-hydrogen) atoms. The molecule has 4 nitrogen and oxygen atoms in total. The van der Waals surface area contributed by atoms with Crippen molar-refractivity contribution in [1.29, 1.82) is 0 Å². The molecule has 0 aliphatic heterocycles. The maximum absolute atomic E-state index is 8.74. The molecule has 0 aliphatic carbocycles. The number of para-hydroxylation sites is 2. The van der Waals surface area contributed by atoms with Crippen LogP contribution in [0, 0.1) is 0 Å². The summed E-state index contributed by atoms with van der Waals surface area (Å²) in [6.07, 6.45) is 4.20. The van der Waals surface area contributed by atoms with Gasteiger partial charge in [-0.25, -0.2) is 4.98 Å². The first-order chi connectivity index (χ1) is 9.86. The highest BCUT2D eigenvalue weighted by Gasteiger charge is 2.08. The third-order valence-corrected chi connectivity index (χ3v) is 3.48. The summed E-state index contributed by atoms with van der Waals surface area (Å²) in [6, 6.07) is 8.33. The minimum absolute atomic E-state index is 0.298. The van der Waals surface area contributed by atoms with E-state index >= 15 is 0 Å². The average molecular weight is 275 g/mol. The van der Waals surface area contributed by atoms with E-state index in [2.05, 4.69) is 35.0 Å². The third kappa shape index (κ3) is 3.81. The van der Waals surface area contributed by atoms with Crippen molar-refractivity contribution in [3.8, 4) is 0 Å². The molecule has 4 heteroatoms. The minimum atomic E-state index is 0.298. The van der Waals surface area contributed by atoms with Crippen LogP contribution in [0.2, 0.25) is 0 Å². The van der Waals surface area contributed by atoms with E-state index in [0.717, 1.165) is 56.7 Å². The summed E-state index contributed by atoms with van der Waals surface area (Å²) in [5.41, 5.74) is 2.31. The third-order valence-electron chi connectivity index (χ3n) is 3.48. The topological polar surface area (TPSA) is 50.1 Å². The van der Waals surface area contributed by atoms with Gasteiger partial charge in [-0.2, -0.15) is 0 Å². The molecule has 0 spiro atoms. The number of nitrogens with zero attached hydrogens (tertiary/aromatic N) is 2. The molecule has 2 rings (SSSR count). The molecule has 2 aromatic rings. The monoisotopic (exact) mass is 275 g/mol. The molecule has 0 amide bonds. The number of imidazole rings is 1. The number of unbranched alkanes of at least 4 members (excludes halogenated alkanes) is 2. The number of rotatable bonds is 9. The first-order valence-corrected chi connectivity index (χ1v) is 7.62. The summed E-state index contributed by atoms with van der Waals surface area (Å²) in [7, 11) is 0. The second-order valence-electron chi connectivity index (χ2n) is 5.13. The van der Waals surface area contributed by atoms with Crippen molar-refractivity contribution in [2.75, 3.05) is 13.2 Å². The van der Waals surface area contributed by atoms with Gasteiger partial charge in [0.25, 0.3) is 0 Å². The van der Waals surface area contributed by atoms with Crippen molar-refractivity contribution >= 4 is 11.0 Å². The maximum Gasteiger partial charge on any atom is 0.123 e. The fraction of sp³-hybridized carbons (Fsp3) is 0.562. The fourth-order valence-corrected chi connectivity index (χ4v) is 2.47. The molecule has 2 N–H and O–H groups in total. The van der Waals surface area contributed by atoms with Crippen LogP contribution in [-0.2, 0) is 13.1 Å². The molecule has 1 aromatic carbocycles. The second kappa shape index (κ2) is 8.02. The first-order valence-electron chi connectivity index (χ1n) is 7.62. The Bertz CT molecular complexity index is 521. The van der Waals surface area contributed by atoms with Crippen molar-refractivity contribution in [3.05, 3.63) is 30.1 Å². The smallest absolute Gasteiger partial charge is 0.123 e. The molecule has 0 fully saturated rings. The molecule has 0 atom stereocenters. The van der Waals surface area contributed by atoms with Crippen molar-refractivity contribution < 1.29 is 5.11 Å². The number of aryl methyl sites for hydroxylation is 1. The van der Waals surface area contributed by atoms with Gasteiger partial charge in [0.05, 0.1) is 17.6 Å². The Hall–Kier alpha value is -1.39. The number of aliphatic hydroxyl groups is 1. The van der Waals surface area contributed by atoms with Crippen LogP contribution in [0.3, 0.4) is 0 Å². The highest BCUT2D eigenvalue weighted by atomic mass is 16.2. The van der Waals surface area contributed by atoms with Gasteiger partial charge in [0.15, 0.2) is 0 Å². The van der Waals surface area contributed by atoms with Crippen molar-refractivity contribution in [1.82, 2.24) is 14.9 Å². The van der Waals surface area contributed by atoms with E-state index in [1.807, 2.05) is 6.07 Å². The lowest BCUT2D eigenvalue weighted by atomic mass is 10.2. The standard InChI is InChI=1S/C16H25N3O/c1-2-11-19-15-9-5-4-8-14(15)18-16(19)13-17-10-6-3-7-12-20/h4-5,8-9,17,20H,2-3,6-7,10-13H2,1H3. The molecule has 0 saturated carbocycles. The molecular formula is C16H25N3O. The maximum atomic E-state index is 8.74. The van der Waals surface area contributed by atoms with Crippen molar-refractivity contribution in [2.45, 2.75) is 45.7 Å². The van der Waals surface area contributed by atoms with E-state index in [0.29, 0.717) is 6.61 Å². The summed E-state index contributed by atoms with van der Waals surface area (Å²) in [6.45, 7) is 5.30. The second-order valence-corrected chi connectivity index (χ2v) is 5.13. The van der Waals surface area contributed by atoms with Crippen LogP contribution in [0.5, 0.6) is 0 Å². The van der Waals surface area contributed by atoms with Gasteiger partial charge in [0.2, 0.25) is 0 Å². The molecule has 1 aromatic heterocycles. The lowest BCUT2D eigenvalue weighted by molar-refractivity contribution is 0.283. The zero-order chi connectivity index (χ0) is 14.2. The van der Waals surface area contributed by atoms with Crippen LogP contribution < -0.4 is 5.32 Å². The molecule has 0 bridgehead atoms. The van der Waals surface area contributed by atoms with Gasteiger partial charge in [-0.05, 0) is 44.4 Å². The van der Waals surface area contributed by atoms with Gasteiger partial charge in [-0.15, -0.1) is 0 Å². The van der Waals surface area contributed by atoms with Crippen LogP contribution in [-0.4, -0.2) is 27.8 Å². The minimum Gasteiger partial charge on any atom is -0.396 e. The number of hydrogen-bond acceptors (Lipinski definition) is 3. The Morgan fingerprint density at radius 1 is 1.20 bits per heavy atom. The zero-order valence-corrected chi connectivity index (χ0v) is 12.3. The Kier molecular flexibility index (Phi) is 6.02. The summed E-state index contributed by atoms with van der Waals surface area (Å²) in [5, 5.41) is 12.2. The van der Waals surface area contributed by atoms with Crippen molar-refractivity contribution in [2.24, 2.45) is 0 Å². The molecule has 0 radical (unpaired) electrons. The molecular weight excluding hydrogens is 250 g/mol. The molecule has 0 unspecified atom stereocenters. The van der Waals surface area contributed by atoms with E-state index in [1.54, 1.807) is 0 Å². The van der Waals surface area contributed by atoms with Crippen LogP contribution >= 0.6 is 0 Å². The summed E-state index contributed by atoms with van der Waals surface area (Å²) >= 11 is 0. The van der Waals surface area contributed by atoms with Gasteiger partial charge in [-0.1, -0.05) is 19.1 Å². The number of aromatic nitrogens is 2. The van der Waals surface area contributed by atoms with Gasteiger partial charge < -0.3 is 15.0 Å². The number of aliphatic hydroxyl groups excluding tert-OH is 1. The van der Waals surface area contributed by atoms with E-state index in [-0.39, 0.29) is 0 Å². The quantitative estimate of drug-likeness (QED) is 0.692. The molecule has 110 valence electrons. The van der Waals surface area contributed by atoms with Gasteiger partial charge >= 0.3 is 0 Å². The predicted octanol–water partition coefficient (Wildman–Crippen LogP) is 2.70. The fourth-order valence-electron chi connectivity index (χ4n) is 2.47. The normalized spacial score (nSPS) is 11.3. The number of fused-ring (bicyclic) bond motifs is 1. The van der Waals surface area contributed by atoms with E-state index < -0.39 is 0 Å². The summed E-state index contributed by atoms with van der Waals surface area (Å²) in [4.78, 5) is 4.73. The Labute approximate surface area is 120 Å². The SMILES string of the molecule is CCCn1c(CNCCCCCO)nc2ccccc21. The lowest BCUT2D eigenvalue weighted by Crippen LogP contribution is -2.18. The molecule has 0 saturated heterocycles. The first kappa shape index (κ1) is 15.0. The van der Waals surface area contributed by atoms with Crippen LogP contribution in [0.25, 0.3) is 11.0 Å². The Morgan fingerprint density at radius 2 is 2.05 bits per heavy atom. The van der Waals surface area contributed by atoms with Gasteiger partial charge in [0, 0.05) is 13.2 Å². The Balaban J connectivity index is 1.96. The van der Waals surface area contributed by atoms with Crippen LogP contribution in [0.15, 0.2) is 24.3 Å². The number of benzene rings is 1. The average Bonchev–Trinajstić information content (AvgIpc) is 2.81. The van der Waals surface area contributed by atoms with Crippen LogP contribution in [0.1, 0.15) is 38.4 Å². The largest absolute Gasteiger partial charge is 0.396 e. The number of hydrogen-bond donors (Lipinski definition) is 2. The predicted molar refractivity (Wildman–Crippen MR) is 82.7 cm³/mol. The lowest BCUT2D eigenvalue weighted by Gasteiger charge is -2.08. The number of nitrogens with one attached hydrogen (secondary N) is 1.